The highest BCUT2D eigenvalue weighted by molar-refractivity contribution is 6.12. The Kier molecular flexibility index (Phi) is 5.49. The summed E-state index contributed by atoms with van der Waals surface area (Å²) in [6.45, 7) is 0. The Hall–Kier alpha value is -5.34. The fraction of sp³-hybridized carbons (Fsp3) is 0.0952. The first kappa shape index (κ1) is 25.2. The van der Waals surface area contributed by atoms with Crippen LogP contribution in [0.2, 0.25) is 0 Å². The highest BCUT2D eigenvalue weighted by Gasteiger charge is 2.33. The van der Waals surface area contributed by atoms with Gasteiger partial charge in [0.25, 0.3) is 0 Å². The smallest absolute Gasteiger partial charge is 0.0450 e. The molecule has 0 saturated heterocycles. The molecular formula is C42H32N2. The number of benzene rings is 7. The maximum Gasteiger partial charge on any atom is 0.0450 e. The molecule has 2 aliphatic rings. The number of rotatable bonds is 2. The molecule has 2 heterocycles. The average molecular weight is 565 g/mol. The number of hydrogen-bond donors (Lipinski definition) is 0. The van der Waals surface area contributed by atoms with Crippen molar-refractivity contribution in [2.75, 3.05) is 23.9 Å². The lowest BCUT2D eigenvalue weighted by Gasteiger charge is -2.37. The van der Waals surface area contributed by atoms with E-state index >= 15 is 0 Å². The molecule has 2 heteroatoms. The van der Waals surface area contributed by atoms with Crippen molar-refractivity contribution < 1.29 is 0 Å². The van der Waals surface area contributed by atoms with E-state index in [1.807, 2.05) is 0 Å². The van der Waals surface area contributed by atoms with Gasteiger partial charge in [0.15, 0.2) is 0 Å². The topological polar surface area (TPSA) is 6.48 Å². The number of nitrogens with zero attached hydrogens (tertiary/aromatic N) is 2. The van der Waals surface area contributed by atoms with Gasteiger partial charge in [-0.1, -0.05) is 121 Å². The van der Waals surface area contributed by atoms with Crippen molar-refractivity contribution in [3.05, 3.63) is 179 Å². The minimum atomic E-state index is 0.123. The van der Waals surface area contributed by atoms with Gasteiger partial charge in [0.1, 0.15) is 0 Å². The first-order valence-corrected chi connectivity index (χ1v) is 15.5. The molecule has 0 aromatic heterocycles. The number of fused-ring (bicyclic) bond motifs is 7. The summed E-state index contributed by atoms with van der Waals surface area (Å²) in [5.41, 5.74) is 13.2. The maximum absolute atomic E-state index is 2.37. The van der Waals surface area contributed by atoms with E-state index in [9.17, 15) is 0 Å². The molecule has 0 unspecified atom stereocenters. The molecule has 2 nitrogen and oxygen atoms in total. The third-order valence-corrected chi connectivity index (χ3v) is 10.0. The molecule has 0 atom stereocenters. The van der Waals surface area contributed by atoms with Crippen LogP contribution in [0.15, 0.2) is 146 Å². The second-order valence-electron chi connectivity index (χ2n) is 12.2. The molecule has 7 aromatic rings. The van der Waals surface area contributed by atoms with E-state index in [1.165, 1.54) is 77.7 Å². The lowest BCUT2D eigenvalue weighted by Crippen LogP contribution is -2.23. The van der Waals surface area contributed by atoms with Crippen LogP contribution < -0.4 is 9.80 Å². The van der Waals surface area contributed by atoms with Crippen LogP contribution in [0.25, 0.3) is 21.5 Å². The summed E-state index contributed by atoms with van der Waals surface area (Å²) >= 11 is 0. The van der Waals surface area contributed by atoms with E-state index in [-0.39, 0.29) is 11.8 Å². The summed E-state index contributed by atoms with van der Waals surface area (Å²) in [7, 11) is 4.39. The van der Waals surface area contributed by atoms with Gasteiger partial charge < -0.3 is 9.80 Å². The third kappa shape index (κ3) is 3.48. The maximum atomic E-state index is 2.37. The van der Waals surface area contributed by atoms with Crippen molar-refractivity contribution in [1.82, 2.24) is 0 Å². The van der Waals surface area contributed by atoms with Crippen LogP contribution in [0.5, 0.6) is 0 Å². The summed E-state index contributed by atoms with van der Waals surface area (Å²) in [6.07, 6.45) is 0. The van der Waals surface area contributed by atoms with Crippen molar-refractivity contribution in [1.29, 1.82) is 0 Å². The summed E-state index contributed by atoms with van der Waals surface area (Å²) in [5, 5.41) is 5.28. The molecule has 0 N–H and O–H groups in total. The number of anilines is 4. The number of para-hydroxylation sites is 4. The molecule has 0 amide bonds. The van der Waals surface area contributed by atoms with Gasteiger partial charge in [-0.15, -0.1) is 0 Å². The SMILES string of the molecule is CN1c2ccccc2C(c2cccc3ccc4cccc(C5c6ccccc6N(C)c6ccccc65)c4c23)c2ccccc21. The quantitative estimate of drug-likeness (QED) is 0.193. The molecule has 0 saturated carbocycles. The highest BCUT2D eigenvalue weighted by Crippen LogP contribution is 2.52. The fourth-order valence-corrected chi connectivity index (χ4v) is 8.11. The van der Waals surface area contributed by atoms with E-state index in [0.29, 0.717) is 0 Å². The Balaban J connectivity index is 1.40. The van der Waals surface area contributed by atoms with Gasteiger partial charge in [0.05, 0.1) is 0 Å². The van der Waals surface area contributed by atoms with Crippen molar-refractivity contribution in [3.8, 4) is 0 Å². The normalized spacial score (nSPS) is 14.3. The van der Waals surface area contributed by atoms with Crippen LogP contribution >= 0.6 is 0 Å². The minimum Gasteiger partial charge on any atom is -0.344 e. The van der Waals surface area contributed by atoms with Crippen LogP contribution in [0, 0.1) is 0 Å². The molecule has 0 spiro atoms. The number of hydrogen-bond acceptors (Lipinski definition) is 2. The van der Waals surface area contributed by atoms with Gasteiger partial charge in [-0.2, -0.15) is 0 Å². The summed E-state index contributed by atoms with van der Waals surface area (Å²) in [6, 6.07) is 54.2. The van der Waals surface area contributed by atoms with Crippen molar-refractivity contribution in [2.24, 2.45) is 0 Å². The second-order valence-corrected chi connectivity index (χ2v) is 12.2. The van der Waals surface area contributed by atoms with Crippen molar-refractivity contribution in [3.63, 3.8) is 0 Å². The summed E-state index contributed by atoms with van der Waals surface area (Å²) < 4.78 is 0. The second kappa shape index (κ2) is 9.59. The van der Waals surface area contributed by atoms with Gasteiger partial charge in [-0.3, -0.25) is 0 Å². The van der Waals surface area contributed by atoms with Crippen LogP contribution in [-0.2, 0) is 0 Å². The van der Waals surface area contributed by atoms with Gasteiger partial charge >= 0.3 is 0 Å². The van der Waals surface area contributed by atoms with Crippen molar-refractivity contribution in [2.45, 2.75) is 11.8 Å². The largest absolute Gasteiger partial charge is 0.344 e. The van der Waals surface area contributed by atoms with E-state index in [4.69, 9.17) is 0 Å². The molecule has 0 bridgehead atoms. The molecule has 0 aliphatic carbocycles. The van der Waals surface area contributed by atoms with Crippen LogP contribution in [-0.4, -0.2) is 14.1 Å². The lowest BCUT2D eigenvalue weighted by atomic mass is 9.75. The standard InChI is InChI=1S/C42H32N2/c1-43-35-21-7-3-15-29(35)41(30-16-4-8-22-36(30)43)33-19-11-13-27-25-26-28-14-12-20-34(40(28)39(27)33)42-31-17-5-9-23-37(31)44(2)38-24-10-6-18-32(38)42/h3-26,41-42H,1-2H3. The summed E-state index contributed by atoms with van der Waals surface area (Å²) in [4.78, 5) is 4.70. The first-order valence-electron chi connectivity index (χ1n) is 15.5. The van der Waals surface area contributed by atoms with E-state index in [0.717, 1.165) is 0 Å². The zero-order chi connectivity index (χ0) is 29.4. The van der Waals surface area contributed by atoms with Gasteiger partial charge in [0, 0.05) is 48.7 Å². The molecule has 44 heavy (non-hydrogen) atoms. The van der Waals surface area contributed by atoms with Crippen molar-refractivity contribution >= 4 is 44.3 Å². The lowest BCUT2D eigenvalue weighted by molar-refractivity contribution is 0.930. The summed E-state index contributed by atoms with van der Waals surface area (Å²) in [5.74, 6) is 0.246. The van der Waals surface area contributed by atoms with Crippen LogP contribution in [0.4, 0.5) is 22.7 Å². The third-order valence-electron chi connectivity index (χ3n) is 10.0. The molecule has 2 aliphatic heterocycles. The molecular weight excluding hydrogens is 532 g/mol. The van der Waals surface area contributed by atoms with Gasteiger partial charge in [-0.05, 0) is 79.2 Å². The van der Waals surface area contributed by atoms with Crippen LogP contribution in [0.3, 0.4) is 0 Å². The van der Waals surface area contributed by atoms with E-state index in [1.54, 1.807) is 0 Å². The van der Waals surface area contributed by atoms with Crippen LogP contribution in [0.1, 0.15) is 45.2 Å². The minimum absolute atomic E-state index is 0.123. The monoisotopic (exact) mass is 564 g/mol. The van der Waals surface area contributed by atoms with Gasteiger partial charge in [0.2, 0.25) is 0 Å². The van der Waals surface area contributed by atoms with E-state index in [2.05, 4.69) is 169 Å². The molecule has 0 fully saturated rings. The zero-order valence-corrected chi connectivity index (χ0v) is 24.9. The Labute approximate surface area is 258 Å². The molecule has 7 aromatic carbocycles. The predicted molar refractivity (Wildman–Crippen MR) is 185 cm³/mol. The van der Waals surface area contributed by atoms with E-state index < -0.39 is 0 Å². The average Bonchev–Trinajstić information content (AvgIpc) is 3.08. The zero-order valence-electron chi connectivity index (χ0n) is 24.9. The Bertz CT molecular complexity index is 1990. The fourth-order valence-electron chi connectivity index (χ4n) is 8.11. The molecule has 9 rings (SSSR count). The molecule has 210 valence electrons. The van der Waals surface area contributed by atoms with Gasteiger partial charge in [-0.25, -0.2) is 0 Å². The Morgan fingerprint density at radius 1 is 0.318 bits per heavy atom. The highest BCUT2D eigenvalue weighted by atomic mass is 15.1. The Morgan fingerprint density at radius 2 is 0.614 bits per heavy atom. The molecule has 0 radical (unpaired) electrons. The Morgan fingerprint density at radius 3 is 0.955 bits per heavy atom. The predicted octanol–water partition coefficient (Wildman–Crippen LogP) is 10.5. The first-order chi connectivity index (χ1) is 21.7.